The summed E-state index contributed by atoms with van der Waals surface area (Å²) in [5.41, 5.74) is 1.22. The van der Waals surface area contributed by atoms with Crippen LogP contribution in [0.15, 0.2) is 42.0 Å². The Morgan fingerprint density at radius 1 is 0.860 bits per heavy atom. The molecule has 5 nitrogen and oxygen atoms in total. The number of ketones is 1. The second kappa shape index (κ2) is 9.78. The van der Waals surface area contributed by atoms with Crippen LogP contribution in [-0.2, 0) is 19.1 Å². The van der Waals surface area contributed by atoms with Gasteiger partial charge in [0.05, 0.1) is 0 Å². The number of anilines is 1. The summed E-state index contributed by atoms with van der Waals surface area (Å²) < 4.78 is 5.87. The zero-order valence-electron chi connectivity index (χ0n) is 27.8. The molecule has 0 heterocycles. The number of hydrogen-bond acceptors (Lipinski definition) is 4. The highest BCUT2D eigenvalue weighted by molar-refractivity contribution is 5.96. The van der Waals surface area contributed by atoms with Crippen molar-refractivity contribution >= 4 is 23.3 Å². The van der Waals surface area contributed by atoms with Gasteiger partial charge in [0.25, 0.3) is 0 Å². The minimum absolute atomic E-state index is 0.0502. The van der Waals surface area contributed by atoms with Gasteiger partial charge in [-0.1, -0.05) is 72.2 Å². The van der Waals surface area contributed by atoms with Crippen LogP contribution in [0.3, 0.4) is 0 Å². The lowest BCUT2D eigenvalue weighted by atomic mass is 9.33. The standard InChI is InChI=1S/C38H53NO4/c1-24(40)43-30-15-16-36(6)29(33(30,2)3)14-17-38(8)31(36)28(41)22-26-27-23-35(5,32(42)39-25-12-10-9-11-13-25)19-18-34(27,4)20-21-37(26,38)7/h9-13,22,27,29-31H,14-21,23H2,1-8H3,(H,39,42)/t27-,29-,30-,31-,34-,35+,36-,37+,38-/m1/s1. The molecule has 1 N–H and O–H groups in total. The van der Waals surface area contributed by atoms with Crippen LogP contribution in [0.2, 0.25) is 0 Å². The first-order valence-electron chi connectivity index (χ1n) is 16.8. The lowest BCUT2D eigenvalue weighted by Gasteiger charge is -2.70. The molecule has 0 aromatic heterocycles. The van der Waals surface area contributed by atoms with Crippen LogP contribution in [0.4, 0.5) is 5.69 Å². The molecule has 0 aliphatic heterocycles. The first kappa shape index (κ1) is 30.6. The minimum atomic E-state index is -0.483. The van der Waals surface area contributed by atoms with E-state index in [2.05, 4.69) is 59.9 Å². The van der Waals surface area contributed by atoms with E-state index in [-0.39, 0.29) is 56.9 Å². The van der Waals surface area contributed by atoms with Gasteiger partial charge in [0.2, 0.25) is 5.91 Å². The zero-order chi connectivity index (χ0) is 31.2. The van der Waals surface area contributed by atoms with Crippen LogP contribution in [0.25, 0.3) is 0 Å². The lowest BCUT2D eigenvalue weighted by Crippen LogP contribution is -2.66. The van der Waals surface area contributed by atoms with Crippen molar-refractivity contribution in [3.8, 4) is 0 Å². The van der Waals surface area contributed by atoms with Crippen molar-refractivity contribution in [3.63, 3.8) is 0 Å². The molecule has 1 amide bonds. The third-order valence-electron chi connectivity index (χ3n) is 14.4. The van der Waals surface area contributed by atoms with Gasteiger partial charge >= 0.3 is 5.97 Å². The van der Waals surface area contributed by atoms with E-state index in [4.69, 9.17) is 4.74 Å². The summed E-state index contributed by atoms with van der Waals surface area (Å²) in [6, 6.07) is 9.78. The topological polar surface area (TPSA) is 72.5 Å². The number of benzene rings is 1. The molecule has 1 aromatic carbocycles. The van der Waals surface area contributed by atoms with E-state index in [1.165, 1.54) is 12.5 Å². The summed E-state index contributed by atoms with van der Waals surface area (Å²) in [6.45, 7) is 17.9. The monoisotopic (exact) mass is 587 g/mol. The predicted octanol–water partition coefficient (Wildman–Crippen LogP) is 8.54. The summed E-state index contributed by atoms with van der Waals surface area (Å²) in [6.07, 6.45) is 10.6. The fourth-order valence-corrected chi connectivity index (χ4v) is 11.6. The highest BCUT2D eigenvalue weighted by atomic mass is 16.5. The Morgan fingerprint density at radius 3 is 2.21 bits per heavy atom. The Kier molecular flexibility index (Phi) is 6.96. The van der Waals surface area contributed by atoms with E-state index in [0.717, 1.165) is 63.5 Å². The molecule has 6 rings (SSSR count). The van der Waals surface area contributed by atoms with Gasteiger partial charge in [-0.05, 0) is 109 Å². The average molecular weight is 588 g/mol. The number of allylic oxidation sites excluding steroid dienone is 2. The Bertz CT molecular complexity index is 1360. The maximum Gasteiger partial charge on any atom is 0.302 e. The predicted molar refractivity (Wildman–Crippen MR) is 170 cm³/mol. The van der Waals surface area contributed by atoms with Crippen LogP contribution in [-0.4, -0.2) is 23.8 Å². The number of fused-ring (bicyclic) bond motifs is 7. The Hall–Kier alpha value is -2.43. The minimum Gasteiger partial charge on any atom is -0.462 e. The number of hydrogen-bond donors (Lipinski definition) is 1. The summed E-state index contributed by atoms with van der Waals surface area (Å²) in [7, 11) is 0. The molecule has 1 aromatic rings. The third-order valence-corrected chi connectivity index (χ3v) is 14.4. The summed E-state index contributed by atoms with van der Waals surface area (Å²) in [4.78, 5) is 40.4. The van der Waals surface area contributed by atoms with Crippen LogP contribution in [0.5, 0.6) is 0 Å². The van der Waals surface area contributed by atoms with Crippen molar-refractivity contribution in [2.75, 3.05) is 5.32 Å². The molecule has 4 saturated carbocycles. The summed E-state index contributed by atoms with van der Waals surface area (Å²) in [5.74, 6) is 0.667. The van der Waals surface area contributed by atoms with E-state index in [1.807, 2.05) is 30.3 Å². The largest absolute Gasteiger partial charge is 0.462 e. The quantitative estimate of drug-likeness (QED) is 0.360. The number of para-hydroxylation sites is 1. The number of ether oxygens (including phenoxy) is 1. The van der Waals surface area contributed by atoms with Gasteiger partial charge in [0.1, 0.15) is 6.10 Å². The highest BCUT2D eigenvalue weighted by Crippen LogP contribution is 2.75. The van der Waals surface area contributed by atoms with Crippen LogP contribution in [0, 0.1) is 50.2 Å². The number of carbonyl (C=O) groups excluding carboxylic acids is 3. The maximum absolute atomic E-state index is 14.6. The molecule has 0 bridgehead atoms. The highest BCUT2D eigenvalue weighted by Gasteiger charge is 2.70. The Morgan fingerprint density at radius 2 is 1.53 bits per heavy atom. The summed E-state index contributed by atoms with van der Waals surface area (Å²) >= 11 is 0. The molecule has 0 spiro atoms. The molecule has 0 saturated heterocycles. The Balaban J connectivity index is 1.36. The molecular weight excluding hydrogens is 534 g/mol. The SMILES string of the molecule is CC(=O)O[C@@H]1CC[C@]2(C)[C@H](CC[C@]3(C)[C@@H]2C(=O)C=C2[C@H]4C[C@@](C)(C(=O)Nc5ccccc5)CC[C@]4(C)CC[C@@]23C)C1(C)C. The fourth-order valence-electron chi connectivity index (χ4n) is 11.6. The van der Waals surface area contributed by atoms with Gasteiger partial charge in [0.15, 0.2) is 5.78 Å². The molecule has 5 heteroatoms. The number of esters is 1. The first-order valence-corrected chi connectivity index (χ1v) is 16.8. The van der Waals surface area contributed by atoms with E-state index < -0.39 is 5.41 Å². The van der Waals surface area contributed by atoms with Crippen LogP contribution >= 0.6 is 0 Å². The number of amides is 1. The van der Waals surface area contributed by atoms with Gasteiger partial charge in [-0.2, -0.15) is 0 Å². The third kappa shape index (κ3) is 4.33. The van der Waals surface area contributed by atoms with Crippen molar-refractivity contribution in [2.45, 2.75) is 119 Å². The van der Waals surface area contributed by atoms with Gasteiger partial charge in [-0.15, -0.1) is 0 Å². The van der Waals surface area contributed by atoms with Gasteiger partial charge < -0.3 is 10.1 Å². The molecular formula is C38H53NO4. The zero-order valence-corrected chi connectivity index (χ0v) is 27.8. The number of rotatable bonds is 3. The number of nitrogens with one attached hydrogen (secondary N) is 1. The van der Waals surface area contributed by atoms with E-state index in [9.17, 15) is 14.4 Å². The average Bonchev–Trinajstić information content (AvgIpc) is 2.93. The maximum atomic E-state index is 14.6. The lowest BCUT2D eigenvalue weighted by molar-refractivity contribution is -0.210. The van der Waals surface area contributed by atoms with E-state index in [0.29, 0.717) is 11.7 Å². The van der Waals surface area contributed by atoms with Crippen molar-refractivity contribution in [1.29, 1.82) is 0 Å². The molecule has 234 valence electrons. The van der Waals surface area contributed by atoms with Gasteiger partial charge in [-0.25, -0.2) is 0 Å². The first-order chi connectivity index (χ1) is 20.0. The molecule has 43 heavy (non-hydrogen) atoms. The van der Waals surface area contributed by atoms with Crippen molar-refractivity contribution < 1.29 is 19.1 Å². The van der Waals surface area contributed by atoms with Crippen LogP contribution in [0.1, 0.15) is 113 Å². The molecule has 0 unspecified atom stereocenters. The molecule has 5 aliphatic rings. The summed E-state index contributed by atoms with van der Waals surface area (Å²) in [5, 5.41) is 3.21. The van der Waals surface area contributed by atoms with Gasteiger partial charge in [-0.3, -0.25) is 14.4 Å². The van der Waals surface area contributed by atoms with Crippen molar-refractivity contribution in [2.24, 2.45) is 50.2 Å². The van der Waals surface area contributed by atoms with Crippen LogP contribution < -0.4 is 5.32 Å². The number of carbonyl (C=O) groups is 3. The second-order valence-electron chi connectivity index (χ2n) is 17.0. The fraction of sp³-hybridized carbons (Fsp3) is 0.711. The smallest absolute Gasteiger partial charge is 0.302 e. The molecule has 9 atom stereocenters. The molecule has 5 aliphatic carbocycles. The van der Waals surface area contributed by atoms with Gasteiger partial charge in [0, 0.05) is 29.4 Å². The van der Waals surface area contributed by atoms with Crippen molar-refractivity contribution in [3.05, 3.63) is 42.0 Å². The molecule has 4 fully saturated rings. The molecule has 0 radical (unpaired) electrons. The Labute approximate surface area is 259 Å². The second-order valence-corrected chi connectivity index (χ2v) is 17.0. The normalized spacial score (nSPS) is 44.9. The van der Waals surface area contributed by atoms with E-state index in [1.54, 1.807) is 0 Å². The van der Waals surface area contributed by atoms with Crippen molar-refractivity contribution in [1.82, 2.24) is 0 Å². The van der Waals surface area contributed by atoms with E-state index >= 15 is 0 Å².